The van der Waals surface area contributed by atoms with Crippen LogP contribution in [0.4, 0.5) is 0 Å². The summed E-state index contributed by atoms with van der Waals surface area (Å²) in [5, 5.41) is 3.38. The van der Waals surface area contributed by atoms with Gasteiger partial charge in [0, 0.05) is 13.0 Å². The van der Waals surface area contributed by atoms with Crippen LogP contribution in [-0.2, 0) is 9.59 Å². The van der Waals surface area contributed by atoms with E-state index in [9.17, 15) is 9.59 Å². The molecule has 0 atom stereocenters. The van der Waals surface area contributed by atoms with Crippen molar-refractivity contribution >= 4 is 43.6 Å². The summed E-state index contributed by atoms with van der Waals surface area (Å²) in [7, 11) is 0. The predicted molar refractivity (Wildman–Crippen MR) is 54.8 cm³/mol. The smallest absolute Gasteiger partial charge is 0.230 e. The zero-order chi connectivity index (χ0) is 9.40. The Morgan fingerprint density at radius 3 is 2.33 bits per heavy atom. The Labute approximate surface area is 88.5 Å². The lowest BCUT2D eigenvalue weighted by atomic mass is 10.2. The van der Waals surface area contributed by atoms with E-state index >= 15 is 0 Å². The number of amides is 1. The average molecular weight is 301 g/mol. The molecule has 0 bridgehead atoms. The predicted octanol–water partition coefficient (Wildman–Crippen LogP) is 1.24. The van der Waals surface area contributed by atoms with Crippen LogP contribution in [0.25, 0.3) is 0 Å². The molecule has 0 saturated heterocycles. The maximum Gasteiger partial charge on any atom is 0.230 e. The van der Waals surface area contributed by atoms with Gasteiger partial charge in [0.2, 0.25) is 5.91 Å². The number of nitrogens with one attached hydrogen (secondary N) is 1. The van der Waals surface area contributed by atoms with Crippen LogP contribution in [-0.4, -0.2) is 28.9 Å². The highest BCUT2D eigenvalue weighted by molar-refractivity contribution is 9.09. The summed E-state index contributed by atoms with van der Waals surface area (Å²) >= 11 is 6.09. The summed E-state index contributed by atoms with van der Waals surface area (Å²) in [5.41, 5.74) is 0. The maximum absolute atomic E-state index is 10.8. The number of hydrogen-bond acceptors (Lipinski definition) is 2. The van der Waals surface area contributed by atoms with Crippen LogP contribution in [0.15, 0.2) is 0 Å². The molecule has 0 rings (SSSR count). The number of rotatable bonds is 6. The van der Waals surface area contributed by atoms with Gasteiger partial charge in [-0.15, -0.1) is 0 Å². The van der Waals surface area contributed by atoms with Gasteiger partial charge in [-0.05, 0) is 6.42 Å². The molecule has 0 aromatic rings. The fourth-order valence-corrected chi connectivity index (χ4v) is 1.11. The van der Waals surface area contributed by atoms with Crippen molar-refractivity contribution in [2.45, 2.75) is 12.8 Å². The van der Waals surface area contributed by atoms with Gasteiger partial charge in [-0.3, -0.25) is 9.59 Å². The van der Waals surface area contributed by atoms with Crippen molar-refractivity contribution in [2.75, 3.05) is 17.2 Å². The maximum atomic E-state index is 10.8. The molecule has 12 heavy (non-hydrogen) atoms. The number of carbonyl (C=O) groups is 2. The van der Waals surface area contributed by atoms with Gasteiger partial charge in [-0.2, -0.15) is 0 Å². The van der Waals surface area contributed by atoms with Gasteiger partial charge in [0.25, 0.3) is 0 Å². The van der Waals surface area contributed by atoms with Gasteiger partial charge in [-0.1, -0.05) is 31.9 Å². The Morgan fingerprint density at radius 2 is 1.83 bits per heavy atom. The Morgan fingerprint density at radius 1 is 1.17 bits per heavy atom. The van der Waals surface area contributed by atoms with Gasteiger partial charge in [-0.25, -0.2) is 0 Å². The zero-order valence-corrected chi connectivity index (χ0v) is 9.78. The molecule has 0 heterocycles. The van der Waals surface area contributed by atoms with Crippen molar-refractivity contribution < 1.29 is 9.59 Å². The molecule has 0 unspecified atom stereocenters. The molecular weight excluding hydrogens is 290 g/mol. The molecule has 0 fully saturated rings. The Bertz CT molecular complexity index is 143. The summed E-state index contributed by atoms with van der Waals surface area (Å²) in [6.45, 7) is 0.573. The lowest BCUT2D eigenvalue weighted by Gasteiger charge is -2.00. The molecule has 1 N–H and O–H groups in total. The first-order valence-electron chi connectivity index (χ1n) is 3.61. The van der Waals surface area contributed by atoms with E-state index in [0.717, 1.165) is 0 Å². The molecule has 70 valence electrons. The van der Waals surface area contributed by atoms with Gasteiger partial charge >= 0.3 is 0 Å². The van der Waals surface area contributed by atoms with Crippen molar-refractivity contribution in [2.24, 2.45) is 0 Å². The van der Waals surface area contributed by atoms with Crippen LogP contribution in [0, 0.1) is 0 Å². The topological polar surface area (TPSA) is 46.2 Å². The second-order valence-corrected chi connectivity index (χ2v) is 3.38. The van der Waals surface area contributed by atoms with Crippen molar-refractivity contribution in [3.8, 4) is 0 Å². The number of alkyl halides is 2. The Balaban J connectivity index is 3.21. The summed E-state index contributed by atoms with van der Waals surface area (Å²) < 4.78 is 0. The molecular formula is C7H11Br2NO2. The Kier molecular flexibility index (Phi) is 7.80. The van der Waals surface area contributed by atoms with Crippen LogP contribution < -0.4 is 5.32 Å². The number of hydrogen-bond donors (Lipinski definition) is 1. The second-order valence-electron chi connectivity index (χ2n) is 2.26. The number of carbonyl (C=O) groups excluding carboxylic acids is 2. The third-order valence-electron chi connectivity index (χ3n) is 1.22. The van der Waals surface area contributed by atoms with Crippen molar-refractivity contribution in [3.05, 3.63) is 0 Å². The van der Waals surface area contributed by atoms with E-state index in [2.05, 4.69) is 37.2 Å². The average Bonchev–Trinajstić information content (AvgIpc) is 2.11. The van der Waals surface area contributed by atoms with E-state index in [4.69, 9.17) is 0 Å². The molecule has 0 spiro atoms. The van der Waals surface area contributed by atoms with E-state index < -0.39 is 0 Å². The fourth-order valence-electron chi connectivity index (χ4n) is 0.627. The highest BCUT2D eigenvalue weighted by Crippen LogP contribution is 1.93. The summed E-state index contributed by atoms with van der Waals surface area (Å²) in [6.07, 6.45) is 1.23. The standard InChI is InChI=1S/C7H11Br2NO2/c8-4-6(11)2-1-3-10-7(12)5-9/h1-5H2,(H,10,12). The van der Waals surface area contributed by atoms with E-state index in [1.54, 1.807) is 0 Å². The third kappa shape index (κ3) is 6.79. The first kappa shape index (κ1) is 12.1. The molecule has 0 aromatic heterocycles. The van der Waals surface area contributed by atoms with Crippen LogP contribution >= 0.6 is 31.9 Å². The van der Waals surface area contributed by atoms with Crippen LogP contribution in [0.3, 0.4) is 0 Å². The van der Waals surface area contributed by atoms with Gasteiger partial charge in [0.15, 0.2) is 0 Å². The first-order chi connectivity index (χ1) is 5.70. The van der Waals surface area contributed by atoms with E-state index in [1.807, 2.05) is 0 Å². The highest BCUT2D eigenvalue weighted by atomic mass is 79.9. The summed E-state index contributed by atoms with van der Waals surface area (Å²) in [4.78, 5) is 21.4. The zero-order valence-electron chi connectivity index (χ0n) is 6.61. The number of halogens is 2. The normalized spacial score (nSPS) is 9.50. The SMILES string of the molecule is O=C(CBr)CCCNC(=O)CBr. The minimum absolute atomic E-state index is 0.0405. The van der Waals surface area contributed by atoms with E-state index in [0.29, 0.717) is 30.0 Å². The van der Waals surface area contributed by atoms with Crippen molar-refractivity contribution in [3.63, 3.8) is 0 Å². The molecule has 0 saturated carbocycles. The third-order valence-corrected chi connectivity index (χ3v) is 2.36. The summed E-state index contributed by atoms with van der Waals surface area (Å²) in [6, 6.07) is 0. The van der Waals surface area contributed by atoms with Crippen LogP contribution in [0.5, 0.6) is 0 Å². The van der Waals surface area contributed by atoms with Gasteiger partial charge < -0.3 is 5.32 Å². The number of ketones is 1. The molecule has 0 aliphatic rings. The van der Waals surface area contributed by atoms with Gasteiger partial charge in [0.05, 0.1) is 10.7 Å². The largest absolute Gasteiger partial charge is 0.355 e. The van der Waals surface area contributed by atoms with E-state index in [-0.39, 0.29) is 11.7 Å². The highest BCUT2D eigenvalue weighted by Gasteiger charge is 1.99. The van der Waals surface area contributed by atoms with Crippen LogP contribution in [0.2, 0.25) is 0 Å². The van der Waals surface area contributed by atoms with Crippen molar-refractivity contribution in [1.82, 2.24) is 5.32 Å². The molecule has 5 heteroatoms. The quantitative estimate of drug-likeness (QED) is 0.593. The minimum Gasteiger partial charge on any atom is -0.355 e. The van der Waals surface area contributed by atoms with Gasteiger partial charge in [0.1, 0.15) is 5.78 Å². The molecule has 0 aliphatic heterocycles. The van der Waals surface area contributed by atoms with E-state index in [1.165, 1.54) is 0 Å². The lowest BCUT2D eigenvalue weighted by molar-refractivity contribution is -0.119. The van der Waals surface area contributed by atoms with Crippen molar-refractivity contribution in [1.29, 1.82) is 0 Å². The lowest BCUT2D eigenvalue weighted by Crippen LogP contribution is -2.25. The molecule has 0 aliphatic carbocycles. The molecule has 0 aromatic carbocycles. The fraction of sp³-hybridized carbons (Fsp3) is 0.714. The minimum atomic E-state index is -0.0405. The number of Topliss-reactive ketones (excluding diaryl/α,β-unsaturated/α-hetero) is 1. The first-order valence-corrected chi connectivity index (χ1v) is 5.85. The Hall–Kier alpha value is 0.1000. The molecule has 3 nitrogen and oxygen atoms in total. The second kappa shape index (κ2) is 7.73. The van der Waals surface area contributed by atoms with Crippen LogP contribution in [0.1, 0.15) is 12.8 Å². The monoisotopic (exact) mass is 299 g/mol. The molecule has 1 amide bonds. The molecule has 0 radical (unpaired) electrons. The summed E-state index contributed by atoms with van der Waals surface area (Å²) in [5.74, 6) is 0.129.